The first-order valence-corrected chi connectivity index (χ1v) is 4.36. The van der Waals surface area contributed by atoms with Crippen LogP contribution in [-0.2, 0) is 4.74 Å². The number of hydrogen-bond donors (Lipinski definition) is 3. The van der Waals surface area contributed by atoms with E-state index in [2.05, 4.69) is 11.9 Å². The standard InChI is InChI=1S/C9H16NO3/c1-3-4-10-8-7(11)5-13-6(2)9(8)12/h3,5-12H,1,4H2,2H3. The van der Waals surface area contributed by atoms with Gasteiger partial charge >= 0.3 is 0 Å². The predicted octanol–water partition coefficient (Wildman–Crippen LogP) is -0.567. The topological polar surface area (TPSA) is 61.7 Å². The van der Waals surface area contributed by atoms with Gasteiger partial charge in [-0.3, -0.25) is 0 Å². The average Bonchev–Trinajstić information content (AvgIpc) is 2.12. The number of aliphatic hydroxyl groups excluding tert-OH is 2. The van der Waals surface area contributed by atoms with Gasteiger partial charge in [0.2, 0.25) is 0 Å². The van der Waals surface area contributed by atoms with Crippen LogP contribution < -0.4 is 5.32 Å². The van der Waals surface area contributed by atoms with Gasteiger partial charge in [-0.25, -0.2) is 0 Å². The number of ether oxygens (including phenoxy) is 1. The first-order chi connectivity index (χ1) is 6.16. The molecule has 0 aromatic carbocycles. The Balaban J connectivity index is 2.50. The van der Waals surface area contributed by atoms with E-state index >= 15 is 0 Å². The lowest BCUT2D eigenvalue weighted by Gasteiger charge is -2.36. The molecule has 0 amide bonds. The monoisotopic (exact) mass is 186 g/mol. The van der Waals surface area contributed by atoms with Crippen molar-refractivity contribution in [2.24, 2.45) is 0 Å². The molecular weight excluding hydrogens is 170 g/mol. The van der Waals surface area contributed by atoms with Crippen LogP contribution >= 0.6 is 0 Å². The molecule has 1 aliphatic heterocycles. The molecule has 0 spiro atoms. The Morgan fingerprint density at radius 2 is 2.31 bits per heavy atom. The van der Waals surface area contributed by atoms with Crippen LogP contribution in [0, 0.1) is 6.61 Å². The van der Waals surface area contributed by atoms with Gasteiger partial charge in [0.15, 0.2) is 0 Å². The van der Waals surface area contributed by atoms with Crippen molar-refractivity contribution < 1.29 is 14.9 Å². The molecule has 0 aromatic rings. The van der Waals surface area contributed by atoms with Crippen LogP contribution in [0.3, 0.4) is 0 Å². The van der Waals surface area contributed by atoms with Crippen molar-refractivity contribution in [3.63, 3.8) is 0 Å². The molecule has 0 aliphatic carbocycles. The highest BCUT2D eigenvalue weighted by Gasteiger charge is 2.36. The zero-order valence-electron chi connectivity index (χ0n) is 7.68. The summed E-state index contributed by atoms with van der Waals surface area (Å²) in [4.78, 5) is 0. The molecule has 75 valence electrons. The van der Waals surface area contributed by atoms with Gasteiger partial charge in [-0.2, -0.15) is 0 Å². The molecule has 4 nitrogen and oxygen atoms in total. The van der Waals surface area contributed by atoms with Gasteiger partial charge in [0.25, 0.3) is 0 Å². The second-order valence-corrected chi connectivity index (χ2v) is 3.18. The van der Waals surface area contributed by atoms with Crippen LogP contribution in [0.5, 0.6) is 0 Å². The van der Waals surface area contributed by atoms with Gasteiger partial charge < -0.3 is 20.3 Å². The van der Waals surface area contributed by atoms with E-state index in [1.54, 1.807) is 13.0 Å². The zero-order chi connectivity index (χ0) is 9.84. The molecule has 1 aliphatic rings. The molecule has 1 rings (SSSR count). The third-order valence-electron chi connectivity index (χ3n) is 2.15. The number of rotatable bonds is 3. The molecular formula is C9H16NO3. The van der Waals surface area contributed by atoms with Crippen molar-refractivity contribution in [2.75, 3.05) is 6.54 Å². The quantitative estimate of drug-likeness (QED) is 0.517. The molecule has 1 saturated heterocycles. The lowest BCUT2D eigenvalue weighted by atomic mass is 9.98. The van der Waals surface area contributed by atoms with E-state index in [0.29, 0.717) is 6.54 Å². The fraction of sp³-hybridized carbons (Fsp3) is 0.667. The Hall–Kier alpha value is -0.420. The first-order valence-electron chi connectivity index (χ1n) is 4.36. The second-order valence-electron chi connectivity index (χ2n) is 3.18. The molecule has 4 heteroatoms. The van der Waals surface area contributed by atoms with Crippen LogP contribution in [-0.4, -0.2) is 41.1 Å². The van der Waals surface area contributed by atoms with Crippen molar-refractivity contribution in [3.8, 4) is 0 Å². The normalized spacial score (nSPS) is 40.2. The minimum Gasteiger partial charge on any atom is -0.389 e. The number of nitrogens with one attached hydrogen (secondary N) is 1. The minimum atomic E-state index is -0.772. The van der Waals surface area contributed by atoms with Crippen molar-refractivity contribution in [2.45, 2.75) is 31.3 Å². The fourth-order valence-electron chi connectivity index (χ4n) is 1.32. The lowest BCUT2D eigenvalue weighted by molar-refractivity contribution is -0.102. The summed E-state index contributed by atoms with van der Waals surface area (Å²) in [5.74, 6) is 0. The van der Waals surface area contributed by atoms with Gasteiger partial charge in [-0.1, -0.05) is 6.08 Å². The fourth-order valence-corrected chi connectivity index (χ4v) is 1.32. The van der Waals surface area contributed by atoms with Gasteiger partial charge in [-0.15, -0.1) is 6.58 Å². The number of hydrogen-bond acceptors (Lipinski definition) is 4. The predicted molar refractivity (Wildman–Crippen MR) is 48.8 cm³/mol. The summed E-state index contributed by atoms with van der Waals surface area (Å²) < 4.78 is 5.02. The van der Waals surface area contributed by atoms with E-state index in [1.165, 1.54) is 6.61 Å². The van der Waals surface area contributed by atoms with E-state index in [0.717, 1.165) is 0 Å². The minimum absolute atomic E-state index is 0.286. The van der Waals surface area contributed by atoms with Crippen molar-refractivity contribution in [1.29, 1.82) is 0 Å². The summed E-state index contributed by atoms with van der Waals surface area (Å²) in [7, 11) is 0. The molecule has 1 fully saturated rings. The molecule has 0 saturated carbocycles. The summed E-state index contributed by atoms with van der Waals surface area (Å²) in [6.07, 6.45) is -0.0728. The van der Waals surface area contributed by atoms with Crippen molar-refractivity contribution in [1.82, 2.24) is 5.32 Å². The summed E-state index contributed by atoms with van der Waals surface area (Å²) >= 11 is 0. The molecule has 0 aromatic heterocycles. The highest BCUT2D eigenvalue weighted by atomic mass is 16.5. The Bertz CT molecular complexity index is 174. The number of aliphatic hydroxyl groups is 2. The summed E-state index contributed by atoms with van der Waals surface area (Å²) in [6.45, 7) is 7.21. The van der Waals surface area contributed by atoms with E-state index in [9.17, 15) is 10.2 Å². The van der Waals surface area contributed by atoms with Gasteiger partial charge in [0.1, 0.15) is 12.7 Å². The Labute approximate surface area is 78.2 Å². The SMILES string of the molecule is C=CCNC1C(O)[CH]OC(C)C1O. The molecule has 3 N–H and O–H groups in total. The van der Waals surface area contributed by atoms with Crippen LogP contribution in [0.2, 0.25) is 0 Å². The Kier molecular flexibility index (Phi) is 3.87. The van der Waals surface area contributed by atoms with Crippen molar-refractivity contribution >= 4 is 0 Å². The molecule has 0 bridgehead atoms. The highest BCUT2D eigenvalue weighted by molar-refractivity contribution is 4.96. The van der Waals surface area contributed by atoms with E-state index in [1.807, 2.05) is 0 Å². The molecule has 4 atom stereocenters. The maximum atomic E-state index is 9.63. The van der Waals surface area contributed by atoms with E-state index < -0.39 is 12.2 Å². The summed E-state index contributed by atoms with van der Waals surface area (Å²) in [6, 6.07) is -0.373. The first kappa shape index (κ1) is 10.7. The lowest BCUT2D eigenvalue weighted by Crippen LogP contribution is -2.56. The Morgan fingerprint density at radius 1 is 1.62 bits per heavy atom. The third-order valence-corrected chi connectivity index (χ3v) is 2.15. The smallest absolute Gasteiger partial charge is 0.114 e. The van der Waals surface area contributed by atoms with Crippen LogP contribution in [0.1, 0.15) is 6.92 Å². The molecule has 1 radical (unpaired) electrons. The van der Waals surface area contributed by atoms with Crippen LogP contribution in [0.25, 0.3) is 0 Å². The van der Waals surface area contributed by atoms with Gasteiger partial charge in [0, 0.05) is 6.54 Å². The van der Waals surface area contributed by atoms with Gasteiger partial charge in [0.05, 0.1) is 18.2 Å². The van der Waals surface area contributed by atoms with E-state index in [4.69, 9.17) is 4.74 Å². The molecule has 4 unspecified atom stereocenters. The molecule has 1 heterocycles. The maximum Gasteiger partial charge on any atom is 0.114 e. The van der Waals surface area contributed by atoms with Crippen LogP contribution in [0.4, 0.5) is 0 Å². The zero-order valence-corrected chi connectivity index (χ0v) is 7.68. The maximum absolute atomic E-state index is 9.63. The molecule has 13 heavy (non-hydrogen) atoms. The summed E-state index contributed by atoms with van der Waals surface area (Å²) in [5.41, 5.74) is 0. The largest absolute Gasteiger partial charge is 0.389 e. The average molecular weight is 186 g/mol. The van der Waals surface area contributed by atoms with Gasteiger partial charge in [-0.05, 0) is 6.92 Å². The van der Waals surface area contributed by atoms with Crippen LogP contribution in [0.15, 0.2) is 12.7 Å². The Morgan fingerprint density at radius 3 is 2.92 bits per heavy atom. The second kappa shape index (κ2) is 4.72. The summed E-state index contributed by atoms with van der Waals surface area (Å²) in [5, 5.41) is 22.1. The highest BCUT2D eigenvalue weighted by Crippen LogP contribution is 2.17. The third kappa shape index (κ3) is 2.51. The van der Waals surface area contributed by atoms with E-state index in [-0.39, 0.29) is 12.1 Å². The van der Waals surface area contributed by atoms with Crippen molar-refractivity contribution in [3.05, 3.63) is 19.3 Å².